The minimum atomic E-state index is -0.667. The predicted octanol–water partition coefficient (Wildman–Crippen LogP) is 3.80. The van der Waals surface area contributed by atoms with Gasteiger partial charge in [0.15, 0.2) is 0 Å². The number of nitrogens with zero attached hydrogens (tertiary/aromatic N) is 3. The van der Waals surface area contributed by atoms with Crippen molar-refractivity contribution in [3.05, 3.63) is 64.8 Å². The average molecular weight is 598 g/mol. The van der Waals surface area contributed by atoms with Crippen molar-refractivity contribution in [1.82, 2.24) is 20.2 Å². The Bertz CT molecular complexity index is 1270. The first-order valence-corrected chi connectivity index (χ1v) is 13.7. The van der Waals surface area contributed by atoms with E-state index in [2.05, 4.69) is 47.2 Å². The number of nitrogens with two attached hydrogens (primary N) is 1. The van der Waals surface area contributed by atoms with Crippen LogP contribution in [0.15, 0.2) is 59.2 Å². The zero-order chi connectivity index (χ0) is 27.6. The van der Waals surface area contributed by atoms with Crippen LogP contribution in [0.4, 0.5) is 27.9 Å². The van der Waals surface area contributed by atoms with Crippen LogP contribution in [-0.4, -0.2) is 64.1 Å². The number of phenols is 1. The lowest BCUT2D eigenvalue weighted by atomic mass is 10.1. The Morgan fingerprint density at radius 3 is 2.59 bits per heavy atom. The first-order chi connectivity index (χ1) is 18.9. The number of aromatic hydroxyl groups is 1. The molecule has 1 saturated heterocycles. The molecule has 0 aliphatic carbocycles. The van der Waals surface area contributed by atoms with Gasteiger partial charge >= 0.3 is 6.03 Å². The second kappa shape index (κ2) is 13.8. The molecule has 7 N–H and O–H groups in total. The number of rotatable bonds is 11. The molecule has 4 rings (SSSR count). The molecular formula is C27H33BrN8O3. The predicted molar refractivity (Wildman–Crippen MR) is 155 cm³/mol. The second-order valence-electron chi connectivity index (χ2n) is 9.27. The molecule has 206 valence electrons. The van der Waals surface area contributed by atoms with Crippen molar-refractivity contribution in [1.29, 1.82) is 0 Å². The van der Waals surface area contributed by atoms with Gasteiger partial charge in [0.25, 0.3) is 0 Å². The zero-order valence-electron chi connectivity index (χ0n) is 21.5. The molecule has 0 saturated carbocycles. The number of urea groups is 1. The Morgan fingerprint density at radius 1 is 1.08 bits per heavy atom. The molecule has 1 aliphatic rings. The van der Waals surface area contributed by atoms with Crippen molar-refractivity contribution >= 4 is 51.0 Å². The molecule has 2 aromatic carbocycles. The van der Waals surface area contributed by atoms with Gasteiger partial charge < -0.3 is 37.0 Å². The van der Waals surface area contributed by atoms with Gasteiger partial charge in [-0.1, -0.05) is 18.2 Å². The van der Waals surface area contributed by atoms with Crippen molar-refractivity contribution in [2.24, 2.45) is 5.73 Å². The van der Waals surface area contributed by atoms with Gasteiger partial charge in [0.1, 0.15) is 11.6 Å². The Labute approximate surface area is 235 Å². The van der Waals surface area contributed by atoms with Crippen LogP contribution in [0, 0.1) is 0 Å². The van der Waals surface area contributed by atoms with Crippen molar-refractivity contribution in [2.45, 2.75) is 31.7 Å². The molecule has 1 unspecified atom stereocenters. The third-order valence-corrected chi connectivity index (χ3v) is 6.76. The number of likely N-dealkylation sites (tertiary alicyclic amines) is 1. The van der Waals surface area contributed by atoms with Gasteiger partial charge in [-0.25, -0.2) is 9.78 Å². The molecule has 0 bridgehead atoms. The number of hydrogen-bond donors (Lipinski definition) is 6. The molecule has 0 spiro atoms. The van der Waals surface area contributed by atoms with Crippen LogP contribution in [0.25, 0.3) is 0 Å². The van der Waals surface area contributed by atoms with Crippen molar-refractivity contribution in [3.63, 3.8) is 0 Å². The Kier molecular flexibility index (Phi) is 9.92. The number of hydrogen-bond acceptors (Lipinski definition) is 8. The second-order valence-corrected chi connectivity index (χ2v) is 10.1. The molecule has 0 radical (unpaired) electrons. The first kappa shape index (κ1) is 28.1. The lowest BCUT2D eigenvalue weighted by Crippen LogP contribution is -2.42. The summed E-state index contributed by atoms with van der Waals surface area (Å²) < 4.78 is 0.708. The van der Waals surface area contributed by atoms with E-state index in [1.807, 2.05) is 29.2 Å². The maximum atomic E-state index is 12.4. The lowest BCUT2D eigenvalue weighted by Gasteiger charge is -2.16. The van der Waals surface area contributed by atoms with Crippen molar-refractivity contribution in [3.8, 4) is 5.75 Å². The van der Waals surface area contributed by atoms with Crippen LogP contribution in [0.2, 0.25) is 0 Å². The van der Waals surface area contributed by atoms with E-state index in [-0.39, 0.29) is 17.7 Å². The van der Waals surface area contributed by atoms with Crippen LogP contribution >= 0.6 is 15.9 Å². The molecule has 1 fully saturated rings. The van der Waals surface area contributed by atoms with E-state index < -0.39 is 6.04 Å². The molecule has 3 amide bonds. The molecule has 1 aliphatic heterocycles. The standard InChI is InChI=1S/C27H33BrN8O3/c28-22-17-32-26(33-19-5-3-6-20(16-19)34-27(39)36-13-1-2-14-36)35-24(22)30-11-4-12-31-25(38)23(29)15-18-7-9-21(37)10-8-18/h3,5-10,16-17,23,37H,1-2,4,11-15,29H2,(H,31,38)(H,34,39)(H2,30,32,33,35). The summed E-state index contributed by atoms with van der Waals surface area (Å²) in [4.78, 5) is 35.4. The van der Waals surface area contributed by atoms with Gasteiger partial charge in [-0.05, 0) is 77.5 Å². The number of carbonyl (C=O) groups excluding carboxylic acids is 2. The molecular weight excluding hydrogens is 564 g/mol. The summed E-state index contributed by atoms with van der Waals surface area (Å²) >= 11 is 3.46. The SMILES string of the molecule is NC(Cc1ccc(O)cc1)C(=O)NCCCNc1nc(Nc2cccc(NC(=O)N3CCCC3)c2)ncc1Br. The topological polar surface area (TPSA) is 158 Å². The lowest BCUT2D eigenvalue weighted by molar-refractivity contribution is -0.122. The number of amides is 3. The van der Waals surface area contributed by atoms with E-state index in [1.165, 1.54) is 0 Å². The number of anilines is 4. The summed E-state index contributed by atoms with van der Waals surface area (Å²) in [5.41, 5.74) is 8.33. The van der Waals surface area contributed by atoms with Gasteiger partial charge in [0, 0.05) is 43.8 Å². The third kappa shape index (κ3) is 8.55. The number of phenolic OH excluding ortho intramolecular Hbond substituents is 1. The number of benzene rings is 2. The van der Waals surface area contributed by atoms with Gasteiger partial charge in [0.05, 0.1) is 10.5 Å². The summed E-state index contributed by atoms with van der Waals surface area (Å²) in [6.45, 7) is 2.60. The largest absolute Gasteiger partial charge is 0.508 e. The van der Waals surface area contributed by atoms with Crippen molar-refractivity contribution in [2.75, 3.05) is 42.1 Å². The van der Waals surface area contributed by atoms with Gasteiger partial charge in [-0.3, -0.25) is 4.79 Å². The van der Waals surface area contributed by atoms with E-state index >= 15 is 0 Å². The fraction of sp³-hybridized carbons (Fsp3) is 0.333. The van der Waals surface area contributed by atoms with Crippen molar-refractivity contribution < 1.29 is 14.7 Å². The maximum absolute atomic E-state index is 12.4. The molecule has 1 atom stereocenters. The molecule has 1 aromatic heterocycles. The van der Waals surface area contributed by atoms with Crippen LogP contribution in [0.3, 0.4) is 0 Å². The quantitative estimate of drug-likeness (QED) is 0.182. The fourth-order valence-corrected chi connectivity index (χ4v) is 4.43. The fourth-order valence-electron chi connectivity index (χ4n) is 4.09. The van der Waals surface area contributed by atoms with Gasteiger partial charge in [-0.15, -0.1) is 0 Å². The van der Waals surface area contributed by atoms with E-state index in [1.54, 1.807) is 30.5 Å². The average Bonchev–Trinajstić information content (AvgIpc) is 3.47. The number of nitrogens with one attached hydrogen (secondary N) is 4. The summed E-state index contributed by atoms with van der Waals surface area (Å²) in [6.07, 6.45) is 4.78. The highest BCUT2D eigenvalue weighted by Crippen LogP contribution is 2.23. The Morgan fingerprint density at radius 2 is 1.82 bits per heavy atom. The molecule has 3 aromatic rings. The number of halogens is 1. The van der Waals surface area contributed by atoms with Gasteiger partial charge in [0.2, 0.25) is 11.9 Å². The first-order valence-electron chi connectivity index (χ1n) is 12.9. The molecule has 11 nitrogen and oxygen atoms in total. The van der Waals surface area contributed by atoms with Crippen LogP contribution < -0.4 is 27.0 Å². The zero-order valence-corrected chi connectivity index (χ0v) is 23.1. The van der Waals surface area contributed by atoms with E-state index in [4.69, 9.17) is 5.73 Å². The summed E-state index contributed by atoms with van der Waals surface area (Å²) in [6, 6.07) is 13.3. The van der Waals surface area contributed by atoms with E-state index in [9.17, 15) is 14.7 Å². The third-order valence-electron chi connectivity index (χ3n) is 6.18. The smallest absolute Gasteiger partial charge is 0.321 e. The van der Waals surface area contributed by atoms with Crippen LogP contribution in [0.5, 0.6) is 5.75 Å². The normalized spacial score (nSPS) is 13.5. The highest BCUT2D eigenvalue weighted by molar-refractivity contribution is 9.10. The monoisotopic (exact) mass is 596 g/mol. The highest BCUT2D eigenvalue weighted by Gasteiger charge is 2.18. The highest BCUT2D eigenvalue weighted by atomic mass is 79.9. The number of carbonyl (C=O) groups is 2. The Hall–Kier alpha value is -3.90. The summed E-state index contributed by atoms with van der Waals surface area (Å²) in [7, 11) is 0. The Balaban J connectivity index is 1.22. The molecule has 39 heavy (non-hydrogen) atoms. The molecule has 12 heteroatoms. The van der Waals surface area contributed by atoms with Crippen LogP contribution in [-0.2, 0) is 11.2 Å². The number of aromatic nitrogens is 2. The summed E-state index contributed by atoms with van der Waals surface area (Å²) in [5, 5.41) is 21.6. The van der Waals surface area contributed by atoms with Gasteiger partial charge in [-0.2, -0.15) is 4.98 Å². The molecule has 2 heterocycles. The van der Waals surface area contributed by atoms with E-state index in [0.717, 1.165) is 37.2 Å². The maximum Gasteiger partial charge on any atom is 0.321 e. The van der Waals surface area contributed by atoms with Crippen LogP contribution in [0.1, 0.15) is 24.8 Å². The minimum Gasteiger partial charge on any atom is -0.508 e. The van der Waals surface area contributed by atoms with E-state index in [0.29, 0.717) is 47.9 Å². The summed E-state index contributed by atoms with van der Waals surface area (Å²) in [5.74, 6) is 0.963. The minimum absolute atomic E-state index is 0.0912.